The molecular weight excluding hydrogens is 470 g/mol. The van der Waals surface area contributed by atoms with Crippen molar-refractivity contribution < 1.29 is 4.79 Å². The number of anilines is 2. The number of amides is 1. The zero-order valence-corrected chi connectivity index (χ0v) is 19.8. The molecule has 1 aromatic heterocycles. The minimum atomic E-state index is -0.442. The fourth-order valence-electron chi connectivity index (χ4n) is 3.70. The van der Waals surface area contributed by atoms with Crippen LogP contribution in [0.15, 0.2) is 114 Å². The van der Waals surface area contributed by atoms with Crippen molar-refractivity contribution >= 4 is 45.5 Å². The Morgan fingerprint density at radius 1 is 0.722 bits per heavy atom. The molecule has 0 atom stereocenters. The van der Waals surface area contributed by atoms with Crippen molar-refractivity contribution in [2.75, 3.05) is 16.1 Å². The van der Waals surface area contributed by atoms with Gasteiger partial charge in [-0.2, -0.15) is 4.68 Å². The molecule has 0 aliphatic rings. The third-order valence-corrected chi connectivity index (χ3v) is 5.66. The van der Waals surface area contributed by atoms with Crippen LogP contribution in [0.2, 0.25) is 0 Å². The standard InChI is InChI=1S/C28H21N5O2S/c34-26(20-15-17-22(18-16-20)30-28(36)29-21-11-5-2-6-12-21)32-33-25(19-9-3-1-4-10-19)31-24-14-8-7-13-23(24)27(33)35/h1-18H,(H,32,34)(H2,29,30,36). The SMILES string of the molecule is O=C(Nn1c(-c2ccccc2)nc2ccccc2c1=O)c1ccc(NC(=S)Nc2ccccc2)cc1. The first kappa shape index (κ1) is 22.9. The van der Waals surface area contributed by atoms with Crippen molar-refractivity contribution in [1.29, 1.82) is 0 Å². The lowest BCUT2D eigenvalue weighted by Crippen LogP contribution is -2.35. The molecule has 4 aromatic carbocycles. The molecular formula is C28H21N5O2S. The van der Waals surface area contributed by atoms with E-state index in [4.69, 9.17) is 12.2 Å². The Balaban J connectivity index is 1.38. The van der Waals surface area contributed by atoms with Gasteiger partial charge in [-0.1, -0.05) is 60.7 Å². The number of nitrogens with one attached hydrogen (secondary N) is 3. The largest absolute Gasteiger partial charge is 0.332 e. The van der Waals surface area contributed by atoms with Gasteiger partial charge in [0.25, 0.3) is 11.5 Å². The van der Waals surface area contributed by atoms with E-state index in [1.807, 2.05) is 66.7 Å². The molecule has 7 nitrogen and oxygen atoms in total. The molecule has 0 bridgehead atoms. The van der Waals surface area contributed by atoms with Gasteiger partial charge >= 0.3 is 0 Å². The third-order valence-electron chi connectivity index (χ3n) is 5.46. The Morgan fingerprint density at radius 2 is 1.31 bits per heavy atom. The Hall–Kier alpha value is -4.82. The maximum atomic E-state index is 13.3. The van der Waals surface area contributed by atoms with E-state index < -0.39 is 5.91 Å². The van der Waals surface area contributed by atoms with Gasteiger partial charge in [-0.3, -0.25) is 15.0 Å². The van der Waals surface area contributed by atoms with Gasteiger partial charge in [0.2, 0.25) is 0 Å². The predicted octanol–water partition coefficient (Wildman–Crippen LogP) is 5.26. The fraction of sp³-hybridized carbons (Fsp3) is 0. The summed E-state index contributed by atoms with van der Waals surface area (Å²) in [5, 5.41) is 7.03. The van der Waals surface area contributed by atoms with Crippen molar-refractivity contribution in [3.63, 3.8) is 0 Å². The lowest BCUT2D eigenvalue weighted by molar-refractivity contribution is 0.101. The highest BCUT2D eigenvalue weighted by atomic mass is 32.1. The minimum absolute atomic E-state index is 0.350. The van der Waals surface area contributed by atoms with Crippen LogP contribution in [0.1, 0.15) is 10.4 Å². The molecule has 176 valence electrons. The summed E-state index contributed by atoms with van der Waals surface area (Å²) in [6.45, 7) is 0. The van der Waals surface area contributed by atoms with Crippen LogP contribution in [0, 0.1) is 0 Å². The van der Waals surface area contributed by atoms with Crippen LogP contribution >= 0.6 is 12.2 Å². The van der Waals surface area contributed by atoms with Crippen molar-refractivity contribution in [3.8, 4) is 11.4 Å². The van der Waals surface area contributed by atoms with Crippen LogP contribution in [0.5, 0.6) is 0 Å². The number of para-hydroxylation sites is 2. The highest BCUT2D eigenvalue weighted by Gasteiger charge is 2.16. The number of benzene rings is 4. The average molecular weight is 492 g/mol. The first-order valence-electron chi connectivity index (χ1n) is 11.2. The zero-order chi connectivity index (χ0) is 24.9. The van der Waals surface area contributed by atoms with Crippen molar-refractivity contribution in [2.45, 2.75) is 0 Å². The fourth-order valence-corrected chi connectivity index (χ4v) is 3.94. The normalized spacial score (nSPS) is 10.6. The Morgan fingerprint density at radius 3 is 2.00 bits per heavy atom. The topological polar surface area (TPSA) is 88.0 Å². The van der Waals surface area contributed by atoms with Crippen molar-refractivity contribution in [2.24, 2.45) is 0 Å². The molecule has 0 radical (unpaired) electrons. The zero-order valence-electron chi connectivity index (χ0n) is 19.0. The lowest BCUT2D eigenvalue weighted by atomic mass is 10.2. The van der Waals surface area contributed by atoms with E-state index in [0.717, 1.165) is 11.4 Å². The summed E-state index contributed by atoms with van der Waals surface area (Å²) in [7, 11) is 0. The van der Waals surface area contributed by atoms with E-state index in [1.54, 1.807) is 42.5 Å². The van der Waals surface area contributed by atoms with E-state index >= 15 is 0 Å². The van der Waals surface area contributed by atoms with Crippen LogP contribution in [-0.2, 0) is 0 Å². The van der Waals surface area contributed by atoms with Crippen LogP contribution < -0.4 is 21.6 Å². The number of aromatic nitrogens is 2. The molecule has 36 heavy (non-hydrogen) atoms. The van der Waals surface area contributed by atoms with E-state index in [9.17, 15) is 9.59 Å². The predicted molar refractivity (Wildman–Crippen MR) is 148 cm³/mol. The Bertz CT molecular complexity index is 1600. The van der Waals surface area contributed by atoms with Gasteiger partial charge in [-0.05, 0) is 60.7 Å². The summed E-state index contributed by atoms with van der Waals surface area (Å²) >= 11 is 5.36. The van der Waals surface area contributed by atoms with E-state index in [2.05, 4.69) is 21.0 Å². The first-order chi connectivity index (χ1) is 17.6. The summed E-state index contributed by atoms with van der Waals surface area (Å²) in [6.07, 6.45) is 0. The molecule has 0 saturated heterocycles. The molecule has 1 amide bonds. The molecule has 0 fully saturated rings. The highest BCUT2D eigenvalue weighted by molar-refractivity contribution is 7.80. The molecule has 0 spiro atoms. The van der Waals surface area contributed by atoms with Crippen LogP contribution in [0.25, 0.3) is 22.3 Å². The molecule has 3 N–H and O–H groups in total. The smallest absolute Gasteiger partial charge is 0.280 e. The number of nitrogens with zero attached hydrogens (tertiary/aromatic N) is 2. The van der Waals surface area contributed by atoms with Crippen molar-refractivity contribution in [1.82, 2.24) is 9.66 Å². The number of carbonyl (C=O) groups is 1. The number of carbonyl (C=O) groups excluding carboxylic acids is 1. The van der Waals surface area contributed by atoms with Gasteiger partial charge in [0.15, 0.2) is 10.9 Å². The summed E-state index contributed by atoms with van der Waals surface area (Å²) < 4.78 is 1.20. The molecule has 0 saturated carbocycles. The van der Waals surface area contributed by atoms with Gasteiger partial charge in [0.1, 0.15) is 0 Å². The summed E-state index contributed by atoms with van der Waals surface area (Å²) in [5.41, 5.74) is 5.59. The van der Waals surface area contributed by atoms with Gasteiger partial charge in [0.05, 0.1) is 10.9 Å². The number of thiocarbonyl (C=S) groups is 1. The lowest BCUT2D eigenvalue weighted by Gasteiger charge is -2.15. The molecule has 0 aliphatic heterocycles. The third kappa shape index (κ3) is 4.98. The monoisotopic (exact) mass is 491 g/mol. The van der Waals surface area contributed by atoms with E-state index in [1.165, 1.54) is 4.68 Å². The van der Waals surface area contributed by atoms with Crippen molar-refractivity contribution in [3.05, 3.63) is 125 Å². The molecule has 5 rings (SSSR count). The van der Waals surface area contributed by atoms with Crippen LogP contribution in [0.3, 0.4) is 0 Å². The Kier molecular flexibility index (Phi) is 6.51. The maximum Gasteiger partial charge on any atom is 0.280 e. The van der Waals surface area contributed by atoms with Gasteiger partial charge < -0.3 is 10.6 Å². The summed E-state index contributed by atoms with van der Waals surface area (Å²) in [4.78, 5) is 31.0. The van der Waals surface area contributed by atoms with Gasteiger partial charge in [-0.15, -0.1) is 0 Å². The molecule has 5 aromatic rings. The quantitative estimate of drug-likeness (QED) is 0.291. The minimum Gasteiger partial charge on any atom is -0.332 e. The molecule has 1 heterocycles. The number of hydrogen-bond donors (Lipinski definition) is 3. The number of rotatable bonds is 5. The van der Waals surface area contributed by atoms with E-state index in [0.29, 0.717) is 33.0 Å². The average Bonchev–Trinajstić information content (AvgIpc) is 2.91. The Labute approximate surface area is 212 Å². The summed E-state index contributed by atoms with van der Waals surface area (Å²) in [6, 6.07) is 32.7. The second-order valence-electron chi connectivity index (χ2n) is 7.92. The number of hydrogen-bond acceptors (Lipinski definition) is 4. The number of fused-ring (bicyclic) bond motifs is 1. The second kappa shape index (κ2) is 10.2. The maximum absolute atomic E-state index is 13.3. The molecule has 0 aliphatic carbocycles. The highest BCUT2D eigenvalue weighted by Crippen LogP contribution is 2.18. The molecule has 8 heteroatoms. The van der Waals surface area contributed by atoms with Gasteiger partial charge in [-0.25, -0.2) is 4.98 Å². The summed E-state index contributed by atoms with van der Waals surface area (Å²) in [5.74, 6) is -0.0915. The van der Waals surface area contributed by atoms with Crippen LogP contribution in [0.4, 0.5) is 11.4 Å². The van der Waals surface area contributed by atoms with E-state index in [-0.39, 0.29) is 5.56 Å². The molecule has 0 unspecified atom stereocenters. The van der Waals surface area contributed by atoms with Crippen LogP contribution in [-0.4, -0.2) is 20.7 Å². The second-order valence-corrected chi connectivity index (χ2v) is 8.33. The first-order valence-corrected chi connectivity index (χ1v) is 11.6. The van der Waals surface area contributed by atoms with Gasteiger partial charge in [0, 0.05) is 22.5 Å².